The van der Waals surface area contributed by atoms with E-state index in [0.29, 0.717) is 5.56 Å². The van der Waals surface area contributed by atoms with Crippen molar-refractivity contribution in [1.82, 2.24) is 9.78 Å². The van der Waals surface area contributed by atoms with Crippen LogP contribution in [0, 0.1) is 20.8 Å². The minimum absolute atomic E-state index is 0.713. The quantitative estimate of drug-likeness (QED) is 0.741. The summed E-state index contributed by atoms with van der Waals surface area (Å²) < 4.78 is 1.89. The number of nitrogens with zero attached hydrogens (tertiary/aromatic N) is 2. The van der Waals surface area contributed by atoms with Crippen molar-refractivity contribution in [2.24, 2.45) is 7.05 Å². The second kappa shape index (κ2) is 4.17. The van der Waals surface area contributed by atoms with Crippen LogP contribution in [0.2, 0.25) is 0 Å². The molecule has 0 amide bonds. The summed E-state index contributed by atoms with van der Waals surface area (Å²) in [4.78, 5) is 10.7. The first-order valence-corrected chi connectivity index (χ1v) is 5.61. The van der Waals surface area contributed by atoms with Crippen molar-refractivity contribution in [3.05, 3.63) is 40.7 Å². The number of aldehydes is 1. The molecule has 17 heavy (non-hydrogen) atoms. The van der Waals surface area contributed by atoms with Gasteiger partial charge >= 0.3 is 0 Å². The molecule has 2 rings (SSSR count). The van der Waals surface area contributed by atoms with Gasteiger partial charge in [-0.2, -0.15) is 5.10 Å². The Hall–Kier alpha value is -1.90. The fourth-order valence-corrected chi connectivity index (χ4v) is 2.20. The minimum Gasteiger partial charge on any atom is -0.298 e. The number of carbonyl (C=O) groups is 1. The van der Waals surface area contributed by atoms with E-state index >= 15 is 0 Å². The molecule has 0 aliphatic rings. The van der Waals surface area contributed by atoms with Crippen LogP contribution in [0.5, 0.6) is 0 Å². The molecule has 1 aromatic heterocycles. The number of carbonyl (C=O) groups excluding carboxylic acids is 1. The number of aromatic nitrogens is 2. The molecule has 0 radical (unpaired) electrons. The minimum atomic E-state index is 0.713. The third-order valence-corrected chi connectivity index (χ3v) is 3.16. The maximum absolute atomic E-state index is 10.7. The molecule has 0 saturated carbocycles. The zero-order valence-corrected chi connectivity index (χ0v) is 10.6. The molecule has 0 spiro atoms. The maximum Gasteiger partial charge on any atom is 0.150 e. The third-order valence-electron chi connectivity index (χ3n) is 3.16. The van der Waals surface area contributed by atoms with E-state index in [-0.39, 0.29) is 0 Å². The molecule has 2 aromatic rings. The van der Waals surface area contributed by atoms with Crippen molar-refractivity contribution in [3.8, 4) is 11.1 Å². The number of benzene rings is 1. The molecule has 0 N–H and O–H groups in total. The van der Waals surface area contributed by atoms with E-state index in [0.717, 1.165) is 28.8 Å². The van der Waals surface area contributed by atoms with Gasteiger partial charge in [0.15, 0.2) is 0 Å². The molecule has 0 saturated heterocycles. The largest absolute Gasteiger partial charge is 0.298 e. The van der Waals surface area contributed by atoms with Gasteiger partial charge in [-0.05, 0) is 38.0 Å². The highest BCUT2D eigenvalue weighted by atomic mass is 16.1. The molecule has 0 atom stereocenters. The lowest BCUT2D eigenvalue weighted by Gasteiger charge is -2.07. The Labute approximate surface area is 101 Å². The van der Waals surface area contributed by atoms with Crippen molar-refractivity contribution in [2.75, 3.05) is 0 Å². The zero-order chi connectivity index (χ0) is 12.6. The summed E-state index contributed by atoms with van der Waals surface area (Å²) in [5, 5.41) is 4.42. The fourth-order valence-electron chi connectivity index (χ4n) is 2.20. The van der Waals surface area contributed by atoms with E-state index in [2.05, 4.69) is 12.0 Å². The van der Waals surface area contributed by atoms with Gasteiger partial charge in [0.25, 0.3) is 0 Å². The number of aryl methyl sites for hydroxylation is 3. The molecule has 88 valence electrons. The average molecular weight is 228 g/mol. The summed E-state index contributed by atoms with van der Waals surface area (Å²) in [6.45, 7) is 6.09. The van der Waals surface area contributed by atoms with Crippen LogP contribution in [-0.4, -0.2) is 16.1 Å². The van der Waals surface area contributed by atoms with Crippen molar-refractivity contribution in [1.29, 1.82) is 0 Å². The van der Waals surface area contributed by atoms with Gasteiger partial charge in [-0.15, -0.1) is 0 Å². The van der Waals surface area contributed by atoms with Crippen molar-refractivity contribution < 1.29 is 4.79 Å². The van der Waals surface area contributed by atoms with Gasteiger partial charge in [0.05, 0.1) is 5.69 Å². The molecular formula is C14H16N2O. The summed E-state index contributed by atoms with van der Waals surface area (Å²) >= 11 is 0. The smallest absolute Gasteiger partial charge is 0.150 e. The third kappa shape index (κ3) is 1.88. The van der Waals surface area contributed by atoms with Crippen molar-refractivity contribution in [3.63, 3.8) is 0 Å². The molecule has 1 heterocycles. The van der Waals surface area contributed by atoms with Gasteiger partial charge in [-0.25, -0.2) is 0 Å². The predicted molar refractivity (Wildman–Crippen MR) is 68.2 cm³/mol. The molecule has 0 bridgehead atoms. The van der Waals surface area contributed by atoms with Crippen LogP contribution in [0.15, 0.2) is 18.2 Å². The molecular weight excluding hydrogens is 212 g/mol. The van der Waals surface area contributed by atoms with Gasteiger partial charge in [0, 0.05) is 23.9 Å². The first kappa shape index (κ1) is 11.6. The normalized spacial score (nSPS) is 10.6. The Morgan fingerprint density at radius 2 is 1.94 bits per heavy atom. The monoisotopic (exact) mass is 228 g/mol. The zero-order valence-electron chi connectivity index (χ0n) is 10.6. The molecule has 3 heteroatoms. The first-order valence-electron chi connectivity index (χ1n) is 5.61. The lowest BCUT2D eigenvalue weighted by Crippen LogP contribution is -1.93. The standard InChI is InChI=1S/C14H16N2O/c1-9-7-12(8-17)5-6-13(9)14-10(2)15-16(4)11(14)3/h5-8H,1-4H3. The molecule has 0 aliphatic heterocycles. The Morgan fingerprint density at radius 1 is 1.24 bits per heavy atom. The van der Waals surface area contributed by atoms with Crippen LogP contribution in [0.4, 0.5) is 0 Å². The van der Waals surface area contributed by atoms with E-state index < -0.39 is 0 Å². The predicted octanol–water partition coefficient (Wildman–Crippen LogP) is 2.82. The van der Waals surface area contributed by atoms with Crippen LogP contribution in [0.25, 0.3) is 11.1 Å². The SMILES string of the molecule is Cc1cc(C=O)ccc1-c1c(C)nn(C)c1C. The number of hydrogen-bond acceptors (Lipinski definition) is 2. The lowest BCUT2D eigenvalue weighted by atomic mass is 9.97. The lowest BCUT2D eigenvalue weighted by molar-refractivity contribution is 0.112. The van der Waals surface area contributed by atoms with Crippen LogP contribution in [0.1, 0.15) is 27.3 Å². The highest BCUT2D eigenvalue weighted by Gasteiger charge is 2.13. The highest BCUT2D eigenvalue weighted by Crippen LogP contribution is 2.29. The van der Waals surface area contributed by atoms with E-state index in [4.69, 9.17) is 0 Å². The van der Waals surface area contributed by atoms with Crippen LogP contribution < -0.4 is 0 Å². The second-order valence-corrected chi connectivity index (χ2v) is 4.36. The molecule has 0 aliphatic carbocycles. The van der Waals surface area contributed by atoms with Crippen LogP contribution in [0.3, 0.4) is 0 Å². The number of hydrogen-bond donors (Lipinski definition) is 0. The summed E-state index contributed by atoms with van der Waals surface area (Å²) in [6.07, 6.45) is 0.875. The van der Waals surface area contributed by atoms with Gasteiger partial charge in [0.1, 0.15) is 6.29 Å². The average Bonchev–Trinajstić information content (AvgIpc) is 2.54. The second-order valence-electron chi connectivity index (χ2n) is 4.36. The summed E-state index contributed by atoms with van der Waals surface area (Å²) in [6, 6.07) is 5.76. The topological polar surface area (TPSA) is 34.9 Å². The van der Waals surface area contributed by atoms with Gasteiger partial charge in [-0.1, -0.05) is 12.1 Å². The Kier molecular flexibility index (Phi) is 2.84. The first-order chi connectivity index (χ1) is 8.04. The van der Waals surface area contributed by atoms with Gasteiger partial charge in [-0.3, -0.25) is 9.48 Å². The van der Waals surface area contributed by atoms with Crippen LogP contribution >= 0.6 is 0 Å². The molecule has 3 nitrogen and oxygen atoms in total. The fraction of sp³-hybridized carbons (Fsp3) is 0.286. The summed E-state index contributed by atoms with van der Waals surface area (Å²) in [7, 11) is 1.95. The molecule has 1 aromatic carbocycles. The highest BCUT2D eigenvalue weighted by molar-refractivity contribution is 5.79. The Balaban J connectivity index is 2.64. The summed E-state index contributed by atoms with van der Waals surface area (Å²) in [5.41, 5.74) is 6.30. The molecule has 0 fully saturated rings. The van der Waals surface area contributed by atoms with Gasteiger partial charge in [0.2, 0.25) is 0 Å². The Morgan fingerprint density at radius 3 is 2.41 bits per heavy atom. The summed E-state index contributed by atoms with van der Waals surface area (Å²) in [5.74, 6) is 0. The van der Waals surface area contributed by atoms with Crippen LogP contribution in [-0.2, 0) is 7.05 Å². The Bertz CT molecular complexity index is 582. The van der Waals surface area contributed by atoms with Crippen molar-refractivity contribution in [2.45, 2.75) is 20.8 Å². The number of rotatable bonds is 2. The van der Waals surface area contributed by atoms with E-state index in [1.807, 2.05) is 43.8 Å². The van der Waals surface area contributed by atoms with E-state index in [1.54, 1.807) is 0 Å². The van der Waals surface area contributed by atoms with Gasteiger partial charge < -0.3 is 0 Å². The van der Waals surface area contributed by atoms with E-state index in [9.17, 15) is 4.79 Å². The molecule has 0 unspecified atom stereocenters. The van der Waals surface area contributed by atoms with E-state index in [1.165, 1.54) is 5.56 Å². The maximum atomic E-state index is 10.7. The van der Waals surface area contributed by atoms with Crippen molar-refractivity contribution >= 4 is 6.29 Å².